The fourth-order valence-electron chi connectivity index (χ4n) is 2.31. The molecule has 0 aliphatic carbocycles. The van der Waals surface area contributed by atoms with E-state index < -0.39 is 0 Å². The number of halogens is 1. The molecule has 2 N–H and O–H groups in total. The lowest BCUT2D eigenvalue weighted by atomic mass is 10.2. The van der Waals surface area contributed by atoms with E-state index in [-0.39, 0.29) is 5.91 Å². The first-order valence-electron chi connectivity index (χ1n) is 8.12. The van der Waals surface area contributed by atoms with E-state index in [4.69, 9.17) is 11.6 Å². The molecule has 0 spiro atoms. The highest BCUT2D eigenvalue weighted by molar-refractivity contribution is 6.30. The van der Waals surface area contributed by atoms with Crippen LogP contribution in [0.2, 0.25) is 5.02 Å². The molecule has 0 saturated carbocycles. The highest BCUT2D eigenvalue weighted by Crippen LogP contribution is 2.10. The predicted molar refractivity (Wildman–Crippen MR) is 101 cm³/mol. The summed E-state index contributed by atoms with van der Waals surface area (Å²) in [5, 5.41) is 6.61. The second-order valence-electron chi connectivity index (χ2n) is 5.70. The van der Waals surface area contributed by atoms with Crippen LogP contribution in [-0.4, -0.2) is 20.9 Å². The van der Waals surface area contributed by atoms with Crippen molar-refractivity contribution < 1.29 is 4.79 Å². The fraction of sp³-hybridized carbons (Fsp3) is 0.158. The molecule has 0 fully saturated rings. The number of pyridine rings is 1. The Morgan fingerprint density at radius 1 is 1.08 bits per heavy atom. The van der Waals surface area contributed by atoms with Gasteiger partial charge in [-0.1, -0.05) is 29.8 Å². The first-order valence-corrected chi connectivity index (χ1v) is 8.50. The zero-order valence-electron chi connectivity index (χ0n) is 14.2. The lowest BCUT2D eigenvalue weighted by molar-refractivity contribution is 0.0945. The van der Waals surface area contributed by atoms with Crippen LogP contribution in [0.4, 0.5) is 5.95 Å². The zero-order valence-corrected chi connectivity index (χ0v) is 15.0. The van der Waals surface area contributed by atoms with Gasteiger partial charge in [0.2, 0.25) is 5.95 Å². The second kappa shape index (κ2) is 8.40. The summed E-state index contributed by atoms with van der Waals surface area (Å²) in [6.45, 7) is 2.70. The average Bonchev–Trinajstić information content (AvgIpc) is 2.66. The van der Waals surface area contributed by atoms with Crippen molar-refractivity contribution in [2.75, 3.05) is 5.32 Å². The van der Waals surface area contributed by atoms with Crippen LogP contribution in [0.5, 0.6) is 0 Å². The third kappa shape index (κ3) is 5.00. The van der Waals surface area contributed by atoms with E-state index in [2.05, 4.69) is 25.6 Å². The summed E-state index contributed by atoms with van der Waals surface area (Å²) in [6, 6.07) is 14.6. The number of rotatable bonds is 6. The fourth-order valence-corrected chi connectivity index (χ4v) is 2.44. The molecule has 0 saturated heterocycles. The van der Waals surface area contributed by atoms with Crippen molar-refractivity contribution in [3.63, 3.8) is 0 Å². The highest BCUT2D eigenvalue weighted by atomic mass is 35.5. The number of anilines is 1. The molecule has 132 valence electrons. The van der Waals surface area contributed by atoms with E-state index in [1.807, 2.05) is 37.3 Å². The van der Waals surface area contributed by atoms with Crippen LogP contribution < -0.4 is 10.6 Å². The van der Waals surface area contributed by atoms with E-state index in [1.54, 1.807) is 24.4 Å². The first-order chi connectivity index (χ1) is 12.6. The van der Waals surface area contributed by atoms with Crippen LogP contribution in [-0.2, 0) is 13.1 Å². The van der Waals surface area contributed by atoms with Gasteiger partial charge < -0.3 is 10.6 Å². The molecule has 0 aliphatic rings. The standard InChI is InChI=1S/C19H18ClN5O/c1-13-10-17(18(26)22-11-14-5-7-15(20)8-6-14)25-19(24-13)23-12-16-4-2-3-9-21-16/h2-10H,11-12H2,1H3,(H,22,26)(H,23,24,25). The van der Waals surface area contributed by atoms with Crippen molar-refractivity contribution in [1.29, 1.82) is 0 Å². The Morgan fingerprint density at radius 3 is 2.62 bits per heavy atom. The van der Waals surface area contributed by atoms with Gasteiger partial charge in [0.05, 0.1) is 12.2 Å². The maximum atomic E-state index is 12.4. The Morgan fingerprint density at radius 2 is 1.88 bits per heavy atom. The van der Waals surface area contributed by atoms with Crippen molar-refractivity contribution in [1.82, 2.24) is 20.3 Å². The number of nitrogens with zero attached hydrogens (tertiary/aromatic N) is 3. The Balaban J connectivity index is 1.64. The average molecular weight is 368 g/mol. The topological polar surface area (TPSA) is 79.8 Å². The van der Waals surface area contributed by atoms with E-state index >= 15 is 0 Å². The maximum absolute atomic E-state index is 12.4. The third-order valence-corrected chi connectivity index (χ3v) is 3.86. The van der Waals surface area contributed by atoms with Gasteiger partial charge in [-0.3, -0.25) is 9.78 Å². The molecule has 1 aromatic carbocycles. The van der Waals surface area contributed by atoms with Crippen LogP contribution in [0.25, 0.3) is 0 Å². The third-order valence-electron chi connectivity index (χ3n) is 3.61. The largest absolute Gasteiger partial charge is 0.349 e. The molecule has 3 rings (SSSR count). The Hall–Kier alpha value is -2.99. The van der Waals surface area contributed by atoms with Crippen LogP contribution in [0.3, 0.4) is 0 Å². The summed E-state index contributed by atoms with van der Waals surface area (Å²) in [5.74, 6) is 0.138. The molecule has 2 heterocycles. The minimum atomic E-state index is -0.258. The molecule has 1 amide bonds. The predicted octanol–water partition coefficient (Wildman–Crippen LogP) is 3.38. The molecule has 0 unspecified atom stereocenters. The monoisotopic (exact) mass is 367 g/mol. The Labute approximate surface area is 156 Å². The second-order valence-corrected chi connectivity index (χ2v) is 6.14. The molecule has 0 aliphatic heterocycles. The lowest BCUT2D eigenvalue weighted by Crippen LogP contribution is -2.24. The van der Waals surface area contributed by atoms with Crippen molar-refractivity contribution in [2.24, 2.45) is 0 Å². The van der Waals surface area contributed by atoms with Gasteiger partial charge in [-0.05, 0) is 42.8 Å². The van der Waals surface area contributed by atoms with Gasteiger partial charge in [-0.25, -0.2) is 9.97 Å². The number of hydrogen-bond donors (Lipinski definition) is 2. The number of amides is 1. The quantitative estimate of drug-likeness (QED) is 0.698. The number of hydrogen-bond acceptors (Lipinski definition) is 5. The van der Waals surface area contributed by atoms with Crippen LogP contribution in [0.1, 0.15) is 27.4 Å². The SMILES string of the molecule is Cc1cc(C(=O)NCc2ccc(Cl)cc2)nc(NCc2ccccn2)n1. The van der Waals surface area contributed by atoms with Gasteiger partial charge in [-0.15, -0.1) is 0 Å². The van der Waals surface area contributed by atoms with Gasteiger partial charge in [-0.2, -0.15) is 0 Å². The summed E-state index contributed by atoms with van der Waals surface area (Å²) in [7, 11) is 0. The van der Waals surface area contributed by atoms with Crippen molar-refractivity contribution in [3.8, 4) is 0 Å². The molecule has 0 bridgehead atoms. The number of aryl methyl sites for hydroxylation is 1. The molecule has 6 nitrogen and oxygen atoms in total. The minimum Gasteiger partial charge on any atom is -0.349 e. The van der Waals surface area contributed by atoms with E-state index in [1.165, 1.54) is 0 Å². The number of nitrogens with one attached hydrogen (secondary N) is 2. The summed E-state index contributed by atoms with van der Waals surface area (Å²) >= 11 is 5.86. The molecule has 2 aromatic heterocycles. The summed E-state index contributed by atoms with van der Waals surface area (Å²) in [6.07, 6.45) is 1.73. The van der Waals surface area contributed by atoms with Crippen molar-refractivity contribution >= 4 is 23.5 Å². The van der Waals surface area contributed by atoms with Crippen molar-refractivity contribution in [3.05, 3.63) is 82.4 Å². The zero-order chi connectivity index (χ0) is 18.4. The summed E-state index contributed by atoms with van der Waals surface area (Å²) in [5.41, 5.74) is 2.85. The van der Waals surface area contributed by atoms with Crippen molar-refractivity contribution in [2.45, 2.75) is 20.0 Å². The Kier molecular flexibility index (Phi) is 5.76. The molecule has 0 atom stereocenters. The number of benzene rings is 1. The molecule has 3 aromatic rings. The molecule has 7 heteroatoms. The summed E-state index contributed by atoms with van der Waals surface area (Å²) < 4.78 is 0. The van der Waals surface area contributed by atoms with Crippen LogP contribution in [0, 0.1) is 6.92 Å². The number of carbonyl (C=O) groups is 1. The highest BCUT2D eigenvalue weighted by Gasteiger charge is 2.10. The van der Waals surface area contributed by atoms with E-state index in [0.29, 0.717) is 35.4 Å². The minimum absolute atomic E-state index is 0.258. The molecule has 0 radical (unpaired) electrons. The van der Waals surface area contributed by atoms with Gasteiger partial charge in [0.1, 0.15) is 5.69 Å². The van der Waals surface area contributed by atoms with E-state index in [9.17, 15) is 4.79 Å². The first kappa shape index (κ1) is 17.8. The number of aromatic nitrogens is 3. The molecular weight excluding hydrogens is 350 g/mol. The van der Waals surface area contributed by atoms with Gasteiger partial charge >= 0.3 is 0 Å². The van der Waals surface area contributed by atoms with E-state index in [0.717, 1.165) is 11.3 Å². The Bertz CT molecular complexity index is 884. The molecule has 26 heavy (non-hydrogen) atoms. The van der Waals surface area contributed by atoms with Crippen LogP contribution in [0.15, 0.2) is 54.7 Å². The molecular formula is C19H18ClN5O. The smallest absolute Gasteiger partial charge is 0.270 e. The maximum Gasteiger partial charge on any atom is 0.270 e. The normalized spacial score (nSPS) is 10.4. The van der Waals surface area contributed by atoms with Gasteiger partial charge in [0, 0.05) is 23.5 Å². The van der Waals surface area contributed by atoms with Crippen LogP contribution >= 0.6 is 11.6 Å². The lowest BCUT2D eigenvalue weighted by Gasteiger charge is -2.09. The number of carbonyl (C=O) groups excluding carboxylic acids is 1. The summed E-state index contributed by atoms with van der Waals surface area (Å²) in [4.78, 5) is 25.2. The van der Waals surface area contributed by atoms with Gasteiger partial charge in [0.15, 0.2) is 0 Å². The van der Waals surface area contributed by atoms with Gasteiger partial charge in [0.25, 0.3) is 5.91 Å².